The van der Waals surface area contributed by atoms with E-state index in [0.717, 1.165) is 5.56 Å². The van der Waals surface area contributed by atoms with Crippen LogP contribution in [-0.2, 0) is 11.2 Å². The Balaban J connectivity index is 2.01. The van der Waals surface area contributed by atoms with Gasteiger partial charge < -0.3 is 15.5 Å². The van der Waals surface area contributed by atoms with Crippen LogP contribution in [0, 0.1) is 0 Å². The Kier molecular flexibility index (Phi) is 3.48. The van der Waals surface area contributed by atoms with Crippen molar-refractivity contribution in [1.82, 2.24) is 0 Å². The predicted molar refractivity (Wildman–Crippen MR) is 68.5 cm³/mol. The third kappa shape index (κ3) is 3.01. The van der Waals surface area contributed by atoms with Gasteiger partial charge in [0.25, 0.3) is 0 Å². The van der Waals surface area contributed by atoms with Crippen LogP contribution in [-0.4, -0.2) is 16.1 Å². The van der Waals surface area contributed by atoms with Gasteiger partial charge in [-0.2, -0.15) is 0 Å². The van der Waals surface area contributed by atoms with E-state index in [9.17, 15) is 9.90 Å². The fourth-order valence-corrected chi connectivity index (χ4v) is 1.57. The summed E-state index contributed by atoms with van der Waals surface area (Å²) in [5, 5.41) is 21.3. The number of phenols is 2. The number of hydrogen-bond donors (Lipinski definition) is 3. The summed E-state index contributed by atoms with van der Waals surface area (Å²) in [5.41, 5.74) is 1.18. The van der Waals surface area contributed by atoms with Gasteiger partial charge in [-0.1, -0.05) is 24.3 Å². The number of anilines is 1. The Morgan fingerprint density at radius 1 is 1.00 bits per heavy atom. The Morgan fingerprint density at radius 3 is 2.33 bits per heavy atom. The summed E-state index contributed by atoms with van der Waals surface area (Å²) in [6.07, 6.45) is 0.189. The summed E-state index contributed by atoms with van der Waals surface area (Å²) in [6.45, 7) is 0. The van der Waals surface area contributed by atoms with Gasteiger partial charge >= 0.3 is 0 Å². The smallest absolute Gasteiger partial charge is 0.228 e. The van der Waals surface area contributed by atoms with Crippen molar-refractivity contribution in [2.75, 3.05) is 5.32 Å². The van der Waals surface area contributed by atoms with Crippen LogP contribution >= 0.6 is 0 Å². The highest BCUT2D eigenvalue weighted by Gasteiger charge is 2.06. The number of para-hydroxylation sites is 2. The third-order valence-corrected chi connectivity index (χ3v) is 2.48. The molecule has 3 N–H and O–H groups in total. The summed E-state index contributed by atoms with van der Waals surface area (Å²) in [6, 6.07) is 13.0. The molecule has 2 aromatic carbocycles. The van der Waals surface area contributed by atoms with Crippen LogP contribution in [0.3, 0.4) is 0 Å². The van der Waals surface area contributed by atoms with Crippen molar-refractivity contribution in [3.8, 4) is 11.5 Å². The summed E-state index contributed by atoms with van der Waals surface area (Å²) in [4.78, 5) is 11.7. The molecule has 0 saturated carbocycles. The summed E-state index contributed by atoms with van der Waals surface area (Å²) in [5.74, 6) is -0.0152. The summed E-state index contributed by atoms with van der Waals surface area (Å²) >= 11 is 0. The zero-order valence-electron chi connectivity index (χ0n) is 9.63. The van der Waals surface area contributed by atoms with Crippen molar-refractivity contribution in [1.29, 1.82) is 0 Å². The van der Waals surface area contributed by atoms with Crippen LogP contribution < -0.4 is 5.32 Å². The van der Waals surface area contributed by atoms with E-state index in [1.165, 1.54) is 18.2 Å². The molecule has 0 saturated heterocycles. The van der Waals surface area contributed by atoms with Gasteiger partial charge in [-0.15, -0.1) is 0 Å². The van der Waals surface area contributed by atoms with Crippen molar-refractivity contribution in [2.24, 2.45) is 0 Å². The molecule has 0 aliphatic heterocycles. The fourth-order valence-electron chi connectivity index (χ4n) is 1.57. The molecule has 4 nitrogen and oxygen atoms in total. The van der Waals surface area contributed by atoms with E-state index in [0.29, 0.717) is 5.69 Å². The number of carbonyl (C=O) groups excluding carboxylic acids is 1. The van der Waals surface area contributed by atoms with Crippen LogP contribution in [0.25, 0.3) is 0 Å². The average Bonchev–Trinajstić information content (AvgIpc) is 2.35. The second-order valence-electron chi connectivity index (χ2n) is 3.91. The van der Waals surface area contributed by atoms with Gasteiger partial charge in [0.2, 0.25) is 5.91 Å². The van der Waals surface area contributed by atoms with Crippen molar-refractivity contribution < 1.29 is 15.0 Å². The maximum Gasteiger partial charge on any atom is 0.228 e. The van der Waals surface area contributed by atoms with Crippen LogP contribution in [0.1, 0.15) is 5.56 Å². The maximum absolute atomic E-state index is 11.7. The van der Waals surface area contributed by atoms with Crippen LogP contribution in [0.4, 0.5) is 5.69 Å². The molecule has 0 heterocycles. The first-order valence-electron chi connectivity index (χ1n) is 5.51. The molecule has 1 amide bonds. The molecule has 0 unspecified atom stereocenters. The van der Waals surface area contributed by atoms with Gasteiger partial charge in [-0.05, 0) is 29.8 Å². The minimum absolute atomic E-state index is 0.0385. The summed E-state index contributed by atoms with van der Waals surface area (Å²) < 4.78 is 0. The molecule has 0 spiro atoms. The van der Waals surface area contributed by atoms with E-state index < -0.39 is 0 Å². The van der Waals surface area contributed by atoms with Crippen LogP contribution in [0.15, 0.2) is 48.5 Å². The van der Waals surface area contributed by atoms with E-state index in [2.05, 4.69) is 5.32 Å². The van der Waals surface area contributed by atoms with E-state index >= 15 is 0 Å². The number of rotatable bonds is 3. The Hall–Kier alpha value is -2.49. The van der Waals surface area contributed by atoms with Gasteiger partial charge in [0.15, 0.2) is 0 Å². The molecule has 4 heteroatoms. The molecule has 0 aromatic heterocycles. The van der Waals surface area contributed by atoms with Crippen molar-refractivity contribution in [2.45, 2.75) is 6.42 Å². The Morgan fingerprint density at radius 2 is 1.67 bits per heavy atom. The van der Waals surface area contributed by atoms with Crippen molar-refractivity contribution in [3.05, 3.63) is 54.1 Å². The number of amides is 1. The highest BCUT2D eigenvalue weighted by Crippen LogP contribution is 2.21. The van der Waals surface area contributed by atoms with E-state index in [1.807, 2.05) is 0 Å². The molecule has 2 aromatic rings. The fraction of sp³-hybridized carbons (Fsp3) is 0.0714. The number of benzene rings is 2. The predicted octanol–water partition coefficient (Wildman–Crippen LogP) is 2.28. The van der Waals surface area contributed by atoms with Gasteiger partial charge in [0.1, 0.15) is 11.5 Å². The quantitative estimate of drug-likeness (QED) is 0.724. The molecule has 0 bridgehead atoms. The number of hydrogen-bond acceptors (Lipinski definition) is 3. The maximum atomic E-state index is 11.7. The van der Waals surface area contributed by atoms with E-state index in [1.54, 1.807) is 30.3 Å². The Labute approximate surface area is 105 Å². The standard InChI is InChI=1S/C14H13NO3/c16-11-7-5-10(6-8-11)9-14(18)15-12-3-1-2-4-13(12)17/h1-8,16-17H,9H2,(H,15,18). The first-order chi connectivity index (χ1) is 8.65. The van der Waals surface area contributed by atoms with Crippen molar-refractivity contribution >= 4 is 11.6 Å². The second-order valence-corrected chi connectivity index (χ2v) is 3.91. The largest absolute Gasteiger partial charge is 0.508 e. The van der Waals surface area contributed by atoms with Gasteiger partial charge in [0.05, 0.1) is 12.1 Å². The number of aromatic hydroxyl groups is 2. The lowest BCUT2D eigenvalue weighted by atomic mass is 10.1. The van der Waals surface area contributed by atoms with Gasteiger partial charge in [-0.3, -0.25) is 4.79 Å². The lowest BCUT2D eigenvalue weighted by molar-refractivity contribution is -0.115. The molecule has 0 atom stereocenters. The van der Waals surface area contributed by atoms with Crippen LogP contribution in [0.5, 0.6) is 11.5 Å². The second kappa shape index (κ2) is 5.23. The van der Waals surface area contributed by atoms with Crippen LogP contribution in [0.2, 0.25) is 0 Å². The summed E-state index contributed by atoms with van der Waals surface area (Å²) in [7, 11) is 0. The number of phenolic OH excluding ortho intramolecular Hbond substituents is 2. The third-order valence-electron chi connectivity index (χ3n) is 2.48. The molecular formula is C14H13NO3. The van der Waals surface area contributed by atoms with Gasteiger partial charge in [-0.25, -0.2) is 0 Å². The lowest BCUT2D eigenvalue weighted by Crippen LogP contribution is -2.14. The monoisotopic (exact) mass is 243 g/mol. The molecule has 0 aliphatic rings. The lowest BCUT2D eigenvalue weighted by Gasteiger charge is -2.07. The van der Waals surface area contributed by atoms with Crippen molar-refractivity contribution in [3.63, 3.8) is 0 Å². The zero-order valence-corrected chi connectivity index (χ0v) is 9.63. The first kappa shape index (κ1) is 12.0. The minimum atomic E-state index is -0.220. The molecule has 0 aliphatic carbocycles. The molecular weight excluding hydrogens is 230 g/mol. The number of carbonyl (C=O) groups is 1. The molecule has 0 radical (unpaired) electrons. The zero-order chi connectivity index (χ0) is 13.0. The highest BCUT2D eigenvalue weighted by atomic mass is 16.3. The highest BCUT2D eigenvalue weighted by molar-refractivity contribution is 5.93. The number of nitrogens with one attached hydrogen (secondary N) is 1. The molecule has 0 fully saturated rings. The SMILES string of the molecule is O=C(Cc1ccc(O)cc1)Nc1ccccc1O. The topological polar surface area (TPSA) is 69.6 Å². The first-order valence-corrected chi connectivity index (χ1v) is 5.51. The minimum Gasteiger partial charge on any atom is -0.508 e. The Bertz CT molecular complexity index is 549. The molecule has 92 valence electrons. The van der Waals surface area contributed by atoms with E-state index in [4.69, 9.17) is 5.11 Å². The van der Waals surface area contributed by atoms with Gasteiger partial charge in [0, 0.05) is 0 Å². The average molecular weight is 243 g/mol. The molecule has 2 rings (SSSR count). The van der Waals surface area contributed by atoms with E-state index in [-0.39, 0.29) is 23.8 Å². The molecule has 18 heavy (non-hydrogen) atoms. The normalized spacial score (nSPS) is 10.0.